The van der Waals surface area contributed by atoms with Gasteiger partial charge in [-0.15, -0.1) is 0 Å². The van der Waals surface area contributed by atoms with Crippen LogP contribution in [0.4, 0.5) is 0 Å². The van der Waals surface area contributed by atoms with Gasteiger partial charge in [-0.1, -0.05) is 37.9 Å². The molecule has 1 radical (unpaired) electrons. The minimum absolute atomic E-state index is 1.20. The van der Waals surface area contributed by atoms with Crippen LogP contribution in [0.25, 0.3) is 10.8 Å². The lowest BCUT2D eigenvalue weighted by Crippen LogP contribution is -1.71. The van der Waals surface area contributed by atoms with Crippen LogP contribution in [-0.2, 0) is 0 Å². The summed E-state index contributed by atoms with van der Waals surface area (Å²) in [5.74, 6) is 0. The number of fused-ring (bicyclic) bond motifs is 1. The zero-order chi connectivity index (χ0) is 9.52. The van der Waals surface area contributed by atoms with Crippen molar-refractivity contribution in [3.05, 3.63) is 42.7 Å². The minimum atomic E-state index is 1.20. The van der Waals surface area contributed by atoms with Crippen molar-refractivity contribution < 1.29 is 0 Å². The largest absolute Gasteiger partial charge is 0.264 e. The van der Waals surface area contributed by atoms with Crippen LogP contribution in [0, 0.1) is 0 Å². The molecule has 13 heavy (non-hydrogen) atoms. The highest BCUT2D eigenvalue weighted by Gasteiger charge is 1.86. The molecule has 0 aliphatic rings. The number of aromatic nitrogens is 1. The quantitative estimate of drug-likeness (QED) is 0.553. The maximum absolute atomic E-state index is 4.01. The summed E-state index contributed by atoms with van der Waals surface area (Å²) in [7, 11) is 2.00. The van der Waals surface area contributed by atoms with E-state index in [-0.39, 0.29) is 0 Å². The van der Waals surface area contributed by atoms with Crippen LogP contribution in [0.15, 0.2) is 42.7 Å². The van der Waals surface area contributed by atoms with E-state index >= 15 is 0 Å². The van der Waals surface area contributed by atoms with Gasteiger partial charge >= 0.3 is 0 Å². The molecule has 0 aliphatic heterocycles. The van der Waals surface area contributed by atoms with Gasteiger partial charge in [0.25, 0.3) is 0 Å². The molecular weight excluding hydrogens is 157 g/mol. The number of pyridine rings is 1. The predicted octanol–water partition coefficient (Wildman–Crippen LogP) is 3.02. The summed E-state index contributed by atoms with van der Waals surface area (Å²) in [6.07, 6.45) is 3.68. The van der Waals surface area contributed by atoms with Crippen LogP contribution in [0.3, 0.4) is 0 Å². The van der Waals surface area contributed by atoms with Crippen molar-refractivity contribution in [3.8, 4) is 0 Å². The molecule has 1 aromatic heterocycles. The van der Waals surface area contributed by atoms with Gasteiger partial charge in [0.05, 0.1) is 0 Å². The normalized spacial score (nSPS) is 8.77. The Morgan fingerprint density at radius 1 is 1.00 bits per heavy atom. The number of hydrogen-bond donors (Lipinski definition) is 0. The molecule has 1 aromatic carbocycles. The highest BCUT2D eigenvalue weighted by Crippen LogP contribution is 2.09. The van der Waals surface area contributed by atoms with Crippen molar-refractivity contribution in [2.45, 2.75) is 13.6 Å². The molecule has 0 amide bonds. The van der Waals surface area contributed by atoms with Crippen molar-refractivity contribution >= 4 is 18.1 Å². The van der Waals surface area contributed by atoms with Crippen molar-refractivity contribution in [1.82, 2.24) is 4.98 Å². The van der Waals surface area contributed by atoms with Crippen LogP contribution >= 0.6 is 0 Å². The van der Waals surface area contributed by atoms with Gasteiger partial charge in [-0.3, -0.25) is 4.98 Å². The van der Waals surface area contributed by atoms with E-state index in [9.17, 15) is 0 Å². The fraction of sp³-hybridized carbons (Fsp3) is 0.182. The summed E-state index contributed by atoms with van der Waals surface area (Å²) in [6, 6.07) is 10.2. The first-order valence-corrected chi connectivity index (χ1v) is 4.41. The van der Waals surface area contributed by atoms with Crippen LogP contribution in [0.2, 0.25) is 13.6 Å². The zero-order valence-electron chi connectivity index (χ0n) is 8.07. The topological polar surface area (TPSA) is 12.9 Å². The fourth-order valence-electron chi connectivity index (χ4n) is 1.03. The van der Waals surface area contributed by atoms with Gasteiger partial charge < -0.3 is 0 Å². The SMILES string of the molecule is C[B]C.c1ccc2cnccc2c1. The molecule has 0 aliphatic carbocycles. The maximum atomic E-state index is 4.01. The molecule has 2 rings (SSSR count). The summed E-state index contributed by atoms with van der Waals surface area (Å²) in [5, 5.41) is 2.45. The highest BCUT2D eigenvalue weighted by molar-refractivity contribution is 6.31. The third-order valence-electron chi connectivity index (χ3n) is 1.55. The monoisotopic (exact) mass is 170 g/mol. The molecule has 2 aromatic rings. The number of hydrogen-bond acceptors (Lipinski definition) is 1. The Morgan fingerprint density at radius 3 is 2.23 bits per heavy atom. The zero-order valence-corrected chi connectivity index (χ0v) is 8.07. The molecule has 0 atom stereocenters. The highest BCUT2D eigenvalue weighted by atomic mass is 14.6. The molecule has 0 unspecified atom stereocenters. The lowest BCUT2D eigenvalue weighted by Gasteiger charge is -1.91. The van der Waals surface area contributed by atoms with Crippen LogP contribution in [-0.4, -0.2) is 12.3 Å². The summed E-state index contributed by atoms with van der Waals surface area (Å²) in [4.78, 5) is 4.01. The Labute approximate surface area is 80.1 Å². The molecule has 1 nitrogen and oxygen atoms in total. The predicted molar refractivity (Wildman–Crippen MR) is 59.2 cm³/mol. The number of rotatable bonds is 0. The van der Waals surface area contributed by atoms with E-state index in [1.165, 1.54) is 10.8 Å². The molecule has 0 saturated carbocycles. The summed E-state index contributed by atoms with van der Waals surface area (Å²) >= 11 is 0. The van der Waals surface area contributed by atoms with E-state index in [1.807, 2.05) is 51.5 Å². The van der Waals surface area contributed by atoms with Gasteiger partial charge in [0.15, 0.2) is 0 Å². The van der Waals surface area contributed by atoms with Gasteiger partial charge in [0.1, 0.15) is 7.28 Å². The van der Waals surface area contributed by atoms with E-state index in [1.54, 1.807) is 0 Å². The average molecular weight is 170 g/mol. The van der Waals surface area contributed by atoms with Gasteiger partial charge in [-0.25, -0.2) is 0 Å². The number of nitrogens with zero attached hydrogens (tertiary/aromatic N) is 1. The molecule has 0 fully saturated rings. The van der Waals surface area contributed by atoms with Gasteiger partial charge in [-0.2, -0.15) is 0 Å². The maximum Gasteiger partial charge on any atom is 0.102 e. The lowest BCUT2D eigenvalue weighted by atomic mass is 9.88. The summed E-state index contributed by atoms with van der Waals surface area (Å²) < 4.78 is 0. The Morgan fingerprint density at radius 2 is 1.62 bits per heavy atom. The molecule has 1 heterocycles. The average Bonchev–Trinajstić information content (AvgIpc) is 2.19. The van der Waals surface area contributed by atoms with Crippen molar-refractivity contribution in [3.63, 3.8) is 0 Å². The van der Waals surface area contributed by atoms with Crippen molar-refractivity contribution in [2.24, 2.45) is 0 Å². The molecule has 0 bridgehead atoms. The first-order chi connectivity index (χ1) is 6.38. The van der Waals surface area contributed by atoms with Gasteiger partial charge in [0.2, 0.25) is 0 Å². The smallest absolute Gasteiger partial charge is 0.102 e. The van der Waals surface area contributed by atoms with Crippen molar-refractivity contribution in [1.29, 1.82) is 0 Å². The Kier molecular flexibility index (Phi) is 4.03. The summed E-state index contributed by atoms with van der Waals surface area (Å²) in [6.45, 7) is 4.00. The van der Waals surface area contributed by atoms with E-state index in [4.69, 9.17) is 0 Å². The van der Waals surface area contributed by atoms with Crippen LogP contribution < -0.4 is 0 Å². The van der Waals surface area contributed by atoms with E-state index in [2.05, 4.69) is 17.1 Å². The lowest BCUT2D eigenvalue weighted by molar-refractivity contribution is 1.36. The molecule has 2 heteroatoms. The van der Waals surface area contributed by atoms with E-state index in [0.29, 0.717) is 0 Å². The molecule has 0 saturated heterocycles. The standard InChI is InChI=1S/C9H7N.C2H6B/c1-2-4-9-7-10-6-5-8(9)3-1;1-3-2/h1-7H;1-2H3. The van der Waals surface area contributed by atoms with Gasteiger partial charge in [0, 0.05) is 12.4 Å². The number of benzene rings is 1. The molecule has 65 valence electrons. The third kappa shape index (κ3) is 2.90. The minimum Gasteiger partial charge on any atom is -0.264 e. The second kappa shape index (κ2) is 5.36. The van der Waals surface area contributed by atoms with E-state index in [0.717, 1.165) is 0 Å². The second-order valence-electron chi connectivity index (χ2n) is 2.80. The molecule has 0 N–H and O–H groups in total. The van der Waals surface area contributed by atoms with Gasteiger partial charge in [-0.05, 0) is 16.8 Å². The van der Waals surface area contributed by atoms with Crippen LogP contribution in [0.5, 0.6) is 0 Å². The first kappa shape index (κ1) is 9.78. The Bertz CT molecular complexity index is 294. The third-order valence-corrected chi connectivity index (χ3v) is 1.55. The Balaban J connectivity index is 0.000000251. The fourth-order valence-corrected chi connectivity index (χ4v) is 1.03. The van der Waals surface area contributed by atoms with Crippen LogP contribution in [0.1, 0.15) is 0 Å². The van der Waals surface area contributed by atoms with E-state index < -0.39 is 0 Å². The summed E-state index contributed by atoms with van der Waals surface area (Å²) in [5.41, 5.74) is 0. The molecule has 0 spiro atoms. The first-order valence-electron chi connectivity index (χ1n) is 4.41. The second-order valence-corrected chi connectivity index (χ2v) is 2.80. The Hall–Kier alpha value is -1.31. The van der Waals surface area contributed by atoms with Crippen molar-refractivity contribution in [2.75, 3.05) is 0 Å². The molecular formula is C11H13BN.